The number of benzene rings is 9. The molecule has 11 aromatic rings. The van der Waals surface area contributed by atoms with Crippen LogP contribution >= 0.6 is 0 Å². The van der Waals surface area contributed by atoms with Crippen LogP contribution in [0.5, 0.6) is 0 Å². The van der Waals surface area contributed by atoms with Crippen LogP contribution in [0.15, 0.2) is 173 Å². The summed E-state index contributed by atoms with van der Waals surface area (Å²) in [5.41, 5.74) is 29.5. The lowest BCUT2D eigenvalue weighted by Crippen LogP contribution is -2.17. The van der Waals surface area contributed by atoms with Gasteiger partial charge in [0.25, 0.3) is 0 Å². The zero-order valence-electron chi connectivity index (χ0n) is 41.2. The van der Waals surface area contributed by atoms with E-state index in [0.29, 0.717) is 0 Å². The molecule has 0 aliphatic heterocycles. The van der Waals surface area contributed by atoms with E-state index in [4.69, 9.17) is 8.83 Å². The maximum atomic E-state index is 6.76. The van der Waals surface area contributed by atoms with Crippen LogP contribution in [0.25, 0.3) is 100 Å². The number of hydrogen-bond acceptors (Lipinski definition) is 2. The Morgan fingerprint density at radius 1 is 0.429 bits per heavy atom. The predicted molar refractivity (Wildman–Crippen MR) is 293 cm³/mol. The van der Waals surface area contributed by atoms with Gasteiger partial charge in [0.15, 0.2) is 0 Å². The van der Waals surface area contributed by atoms with Gasteiger partial charge in [0.1, 0.15) is 22.3 Å². The fourth-order valence-corrected chi connectivity index (χ4v) is 13.3. The Hall–Kier alpha value is -7.68. The van der Waals surface area contributed by atoms with Gasteiger partial charge in [0, 0.05) is 43.4 Å². The first-order valence-corrected chi connectivity index (χ1v) is 25.0. The fourth-order valence-electron chi connectivity index (χ4n) is 13.3. The Morgan fingerprint density at radius 2 is 1.01 bits per heavy atom. The van der Waals surface area contributed by atoms with Crippen LogP contribution < -0.4 is 0 Å². The fraction of sp³-hybridized carbons (Fsp3) is 0.176. The summed E-state index contributed by atoms with van der Waals surface area (Å²) in [4.78, 5) is 0. The van der Waals surface area contributed by atoms with Gasteiger partial charge in [-0.3, -0.25) is 0 Å². The third-order valence-corrected chi connectivity index (χ3v) is 16.8. The number of aryl methyl sites for hydroxylation is 2. The molecule has 2 heteroatoms. The van der Waals surface area contributed by atoms with Crippen molar-refractivity contribution in [3.8, 4) is 44.5 Å². The van der Waals surface area contributed by atoms with Crippen LogP contribution in [0.3, 0.4) is 0 Å². The Bertz CT molecular complexity index is 4100. The SMILES string of the molecule is Cc1cc(C)cc(/C(=C\c2ccc3c(c2)C(C)(C)c2cc(-c4ccccc4)c4oc5ccccc5c4c2-3)Cc2ccc3c(c2)C(C)(C)c2cc4c(cc2-3)C(C)(C)c2ccc3oc5ccccc5c3c2-4)c1. The number of hydrogen-bond donors (Lipinski definition) is 0. The minimum absolute atomic E-state index is 0.148. The van der Waals surface area contributed by atoms with Crippen molar-refractivity contribution in [2.24, 2.45) is 0 Å². The number of allylic oxidation sites excluding steroid dienone is 1. The van der Waals surface area contributed by atoms with Gasteiger partial charge in [-0.25, -0.2) is 0 Å². The zero-order chi connectivity index (χ0) is 47.6. The minimum atomic E-state index is -0.235. The average Bonchev–Trinajstić information content (AvgIpc) is 4.09. The van der Waals surface area contributed by atoms with E-state index in [1.807, 2.05) is 0 Å². The molecule has 3 aliphatic rings. The Kier molecular flexibility index (Phi) is 8.38. The van der Waals surface area contributed by atoms with Gasteiger partial charge >= 0.3 is 0 Å². The van der Waals surface area contributed by atoms with Crippen molar-refractivity contribution in [2.45, 2.75) is 78.1 Å². The van der Waals surface area contributed by atoms with E-state index in [1.54, 1.807) is 0 Å². The Morgan fingerprint density at radius 3 is 1.79 bits per heavy atom. The molecule has 0 radical (unpaired) electrons. The second-order valence-corrected chi connectivity index (χ2v) is 22.2. The highest BCUT2D eigenvalue weighted by Crippen LogP contribution is 2.59. The smallest absolute Gasteiger partial charge is 0.143 e. The van der Waals surface area contributed by atoms with Crippen molar-refractivity contribution in [3.05, 3.63) is 225 Å². The number of para-hydroxylation sites is 2. The largest absolute Gasteiger partial charge is 0.456 e. The Labute approximate surface area is 409 Å². The van der Waals surface area contributed by atoms with Crippen molar-refractivity contribution in [3.63, 3.8) is 0 Å². The van der Waals surface area contributed by atoms with Crippen molar-refractivity contribution < 1.29 is 8.83 Å². The molecule has 0 N–H and O–H groups in total. The van der Waals surface area contributed by atoms with Gasteiger partial charge < -0.3 is 8.83 Å². The van der Waals surface area contributed by atoms with Gasteiger partial charge in [-0.05, 0) is 151 Å². The molecular formula is C68H54O2. The molecule has 9 aromatic carbocycles. The highest BCUT2D eigenvalue weighted by molar-refractivity contribution is 6.19. The maximum absolute atomic E-state index is 6.76. The van der Waals surface area contributed by atoms with Gasteiger partial charge in [0.2, 0.25) is 0 Å². The second-order valence-electron chi connectivity index (χ2n) is 22.2. The molecule has 70 heavy (non-hydrogen) atoms. The van der Waals surface area contributed by atoms with E-state index in [0.717, 1.165) is 34.3 Å². The molecule has 0 saturated heterocycles. The third kappa shape index (κ3) is 5.68. The van der Waals surface area contributed by atoms with Crippen molar-refractivity contribution >= 4 is 55.5 Å². The van der Waals surface area contributed by atoms with Gasteiger partial charge in [-0.2, -0.15) is 0 Å². The second kappa shape index (κ2) is 14.2. The molecule has 14 rings (SSSR count). The van der Waals surface area contributed by atoms with E-state index in [9.17, 15) is 0 Å². The first kappa shape index (κ1) is 41.3. The molecule has 0 fully saturated rings. The average molecular weight is 903 g/mol. The number of fused-ring (bicyclic) bond motifs is 17. The summed E-state index contributed by atoms with van der Waals surface area (Å²) in [5, 5.41) is 4.80. The lowest BCUT2D eigenvalue weighted by Gasteiger charge is -2.24. The monoisotopic (exact) mass is 902 g/mol. The summed E-state index contributed by atoms with van der Waals surface area (Å²) in [7, 11) is 0. The summed E-state index contributed by atoms with van der Waals surface area (Å²) < 4.78 is 13.2. The summed E-state index contributed by atoms with van der Waals surface area (Å²) in [6.45, 7) is 18.9. The maximum Gasteiger partial charge on any atom is 0.143 e. The molecule has 2 heterocycles. The van der Waals surface area contributed by atoms with Crippen LogP contribution in [-0.2, 0) is 22.7 Å². The topological polar surface area (TPSA) is 26.3 Å². The first-order chi connectivity index (χ1) is 33.8. The lowest BCUT2D eigenvalue weighted by atomic mass is 9.79. The molecule has 0 amide bonds. The molecule has 0 bridgehead atoms. The molecule has 0 saturated carbocycles. The molecule has 2 aromatic heterocycles. The van der Waals surface area contributed by atoms with E-state index in [-0.39, 0.29) is 16.2 Å². The zero-order valence-corrected chi connectivity index (χ0v) is 41.2. The third-order valence-electron chi connectivity index (χ3n) is 16.8. The van der Waals surface area contributed by atoms with Crippen LogP contribution in [0.1, 0.15) is 103 Å². The van der Waals surface area contributed by atoms with Gasteiger partial charge in [-0.1, -0.05) is 186 Å². The van der Waals surface area contributed by atoms with Gasteiger partial charge in [-0.15, -0.1) is 0 Å². The van der Waals surface area contributed by atoms with E-state index in [2.05, 4.69) is 225 Å². The summed E-state index contributed by atoms with van der Waals surface area (Å²) in [6.07, 6.45) is 3.27. The van der Waals surface area contributed by atoms with Crippen molar-refractivity contribution in [1.82, 2.24) is 0 Å². The minimum Gasteiger partial charge on any atom is -0.456 e. The highest BCUT2D eigenvalue weighted by Gasteiger charge is 2.43. The Balaban J connectivity index is 0.879. The van der Waals surface area contributed by atoms with E-state index in [1.165, 1.54) is 127 Å². The quantitative estimate of drug-likeness (QED) is 0.161. The summed E-state index contributed by atoms with van der Waals surface area (Å²) >= 11 is 0. The lowest BCUT2D eigenvalue weighted by molar-refractivity contribution is 0.650. The van der Waals surface area contributed by atoms with Crippen molar-refractivity contribution in [1.29, 1.82) is 0 Å². The van der Waals surface area contributed by atoms with Crippen LogP contribution in [0.4, 0.5) is 0 Å². The van der Waals surface area contributed by atoms with E-state index >= 15 is 0 Å². The van der Waals surface area contributed by atoms with Crippen LogP contribution in [-0.4, -0.2) is 0 Å². The van der Waals surface area contributed by atoms with E-state index < -0.39 is 0 Å². The van der Waals surface area contributed by atoms with Gasteiger partial charge in [0.05, 0.1) is 0 Å². The number of rotatable bonds is 5. The normalized spacial score (nSPS) is 15.6. The van der Waals surface area contributed by atoms with Crippen LogP contribution in [0.2, 0.25) is 0 Å². The molecule has 3 aliphatic carbocycles. The molecule has 0 unspecified atom stereocenters. The molecule has 338 valence electrons. The summed E-state index contributed by atoms with van der Waals surface area (Å²) in [5.74, 6) is 0. The predicted octanol–water partition coefficient (Wildman–Crippen LogP) is 18.5. The first-order valence-electron chi connectivity index (χ1n) is 25.0. The standard InChI is InChI=1S/C68H54O2/c1-38-28-39(2)30-43(29-38)44(32-41-23-25-46-54(34-41)68(7,8)57-35-49(42-16-10-9-11-17-42)65-64(61(46)57)48-19-13-15-21-59(48)70-65)31-40-22-24-45-50-36-56-51(37-55(50)67(5,6)53(45)33-40)62-52(66(56,3)4)26-27-60-63(62)47-18-12-14-20-58(47)69-60/h9-30,32-37H,31H2,1-8H3/b44-32-. The molecule has 0 atom stereocenters. The molecule has 2 nitrogen and oxygen atoms in total. The van der Waals surface area contributed by atoms with Crippen molar-refractivity contribution in [2.75, 3.05) is 0 Å². The molecular weight excluding hydrogens is 849 g/mol. The molecule has 0 spiro atoms. The summed E-state index contributed by atoms with van der Waals surface area (Å²) in [6, 6.07) is 61.3. The van der Waals surface area contributed by atoms with Crippen LogP contribution in [0, 0.1) is 13.8 Å². The number of furan rings is 2. The highest BCUT2D eigenvalue weighted by atomic mass is 16.3.